The summed E-state index contributed by atoms with van der Waals surface area (Å²) in [4.78, 5) is 4.40. The Morgan fingerprint density at radius 1 is 1.23 bits per heavy atom. The number of guanidine groups is 1. The topological polar surface area (TPSA) is 83.0 Å². The Morgan fingerprint density at radius 3 is 2.50 bits per heavy atom. The van der Waals surface area contributed by atoms with Gasteiger partial charge in [-0.25, -0.2) is 8.42 Å². The average molecular weight is 448 g/mol. The van der Waals surface area contributed by atoms with Gasteiger partial charge in [-0.2, -0.15) is 4.31 Å². The van der Waals surface area contributed by atoms with Crippen molar-refractivity contribution in [1.29, 1.82) is 0 Å². The minimum Gasteiger partial charge on any atom is -0.379 e. The van der Waals surface area contributed by atoms with Crippen LogP contribution in [-0.2, 0) is 14.8 Å². The van der Waals surface area contributed by atoms with E-state index in [0.717, 1.165) is 25.9 Å². The average Bonchev–Trinajstić information content (AvgIpc) is 2.48. The SMILES string of the molecule is CCCCN=C(NCC)NCCS(=O)(=O)N1CCOCC1.I. The van der Waals surface area contributed by atoms with E-state index < -0.39 is 10.0 Å². The second kappa shape index (κ2) is 12.3. The predicted octanol–water partition coefficient (Wildman–Crippen LogP) is 0.622. The third-order valence-electron chi connectivity index (χ3n) is 3.14. The van der Waals surface area contributed by atoms with Crippen LogP contribution in [-0.4, -0.2) is 70.4 Å². The summed E-state index contributed by atoms with van der Waals surface area (Å²) < 4.78 is 31.0. The lowest BCUT2D eigenvalue weighted by molar-refractivity contribution is 0.0730. The summed E-state index contributed by atoms with van der Waals surface area (Å²) in [6, 6.07) is 0. The van der Waals surface area contributed by atoms with Gasteiger partial charge in [-0.3, -0.25) is 4.99 Å². The molecule has 1 heterocycles. The standard InChI is InChI=1S/C13H28N4O3S.HI/c1-3-5-6-15-13(14-4-2)16-7-12-21(18,19)17-8-10-20-11-9-17;/h3-12H2,1-2H3,(H2,14,15,16);1H. The molecule has 0 aromatic heterocycles. The molecule has 1 saturated heterocycles. The Kier molecular flexibility index (Phi) is 12.2. The fraction of sp³-hybridized carbons (Fsp3) is 0.923. The normalized spacial score (nSPS) is 16.9. The summed E-state index contributed by atoms with van der Waals surface area (Å²) in [6.45, 7) is 7.83. The summed E-state index contributed by atoms with van der Waals surface area (Å²) >= 11 is 0. The van der Waals surface area contributed by atoms with Crippen molar-refractivity contribution in [3.05, 3.63) is 0 Å². The van der Waals surface area contributed by atoms with Crippen molar-refractivity contribution >= 4 is 40.0 Å². The van der Waals surface area contributed by atoms with E-state index in [9.17, 15) is 8.42 Å². The highest BCUT2D eigenvalue weighted by Crippen LogP contribution is 2.04. The van der Waals surface area contributed by atoms with E-state index in [0.29, 0.717) is 38.8 Å². The molecule has 0 aromatic rings. The number of ether oxygens (including phenoxy) is 1. The first-order valence-electron chi connectivity index (χ1n) is 7.68. The Morgan fingerprint density at radius 2 is 1.91 bits per heavy atom. The van der Waals surface area contributed by atoms with Gasteiger partial charge in [0.2, 0.25) is 10.0 Å². The van der Waals surface area contributed by atoms with Crippen LogP contribution in [0.1, 0.15) is 26.7 Å². The maximum absolute atomic E-state index is 12.2. The maximum Gasteiger partial charge on any atom is 0.215 e. The third kappa shape index (κ3) is 8.49. The first-order chi connectivity index (χ1) is 10.1. The highest BCUT2D eigenvalue weighted by molar-refractivity contribution is 14.0. The molecule has 132 valence electrons. The molecule has 9 heteroatoms. The van der Waals surface area contributed by atoms with Gasteiger partial charge >= 0.3 is 0 Å². The predicted molar refractivity (Wildman–Crippen MR) is 100 cm³/mol. The zero-order valence-electron chi connectivity index (χ0n) is 13.5. The molecule has 7 nitrogen and oxygen atoms in total. The number of hydrogen-bond acceptors (Lipinski definition) is 4. The van der Waals surface area contributed by atoms with E-state index in [-0.39, 0.29) is 29.7 Å². The van der Waals surface area contributed by atoms with E-state index in [2.05, 4.69) is 22.5 Å². The zero-order chi connectivity index (χ0) is 15.6. The van der Waals surface area contributed by atoms with Gasteiger partial charge in [0, 0.05) is 32.7 Å². The fourth-order valence-electron chi connectivity index (χ4n) is 1.94. The summed E-state index contributed by atoms with van der Waals surface area (Å²) in [5.74, 6) is 0.758. The number of morpholine rings is 1. The smallest absolute Gasteiger partial charge is 0.215 e. The molecule has 0 amide bonds. The van der Waals surface area contributed by atoms with E-state index >= 15 is 0 Å². The summed E-state index contributed by atoms with van der Waals surface area (Å²) in [5, 5.41) is 6.19. The Hall–Kier alpha value is -0.130. The van der Waals surface area contributed by atoms with Crippen molar-refractivity contribution in [2.75, 3.05) is 51.7 Å². The molecule has 1 aliphatic rings. The first-order valence-corrected chi connectivity index (χ1v) is 9.28. The second-order valence-corrected chi connectivity index (χ2v) is 6.96. The van der Waals surface area contributed by atoms with E-state index in [1.54, 1.807) is 0 Å². The number of rotatable bonds is 8. The van der Waals surface area contributed by atoms with Gasteiger partial charge in [-0.15, -0.1) is 24.0 Å². The molecule has 22 heavy (non-hydrogen) atoms. The van der Waals surface area contributed by atoms with E-state index in [4.69, 9.17) is 4.74 Å². The molecule has 0 spiro atoms. The monoisotopic (exact) mass is 448 g/mol. The van der Waals surface area contributed by atoms with Crippen LogP contribution < -0.4 is 10.6 Å². The van der Waals surface area contributed by atoms with Crippen LogP contribution in [0.5, 0.6) is 0 Å². The van der Waals surface area contributed by atoms with Crippen LogP contribution >= 0.6 is 24.0 Å². The van der Waals surface area contributed by atoms with Crippen molar-refractivity contribution in [2.45, 2.75) is 26.7 Å². The van der Waals surface area contributed by atoms with Gasteiger partial charge in [0.25, 0.3) is 0 Å². The highest BCUT2D eigenvalue weighted by Gasteiger charge is 2.23. The Balaban J connectivity index is 0.00000441. The number of nitrogens with one attached hydrogen (secondary N) is 2. The lowest BCUT2D eigenvalue weighted by atomic mass is 10.3. The fourth-order valence-corrected chi connectivity index (χ4v) is 3.27. The van der Waals surface area contributed by atoms with Gasteiger partial charge in [0.1, 0.15) is 0 Å². The number of halogens is 1. The van der Waals surface area contributed by atoms with Gasteiger partial charge in [0.05, 0.1) is 19.0 Å². The van der Waals surface area contributed by atoms with Crippen LogP contribution in [0.25, 0.3) is 0 Å². The van der Waals surface area contributed by atoms with Gasteiger partial charge in [0.15, 0.2) is 5.96 Å². The van der Waals surface area contributed by atoms with Gasteiger partial charge in [-0.05, 0) is 13.3 Å². The molecule has 0 atom stereocenters. The third-order valence-corrected chi connectivity index (χ3v) is 5.01. The van der Waals surface area contributed by atoms with E-state index in [1.807, 2.05) is 6.92 Å². The van der Waals surface area contributed by atoms with Crippen LogP contribution in [0.4, 0.5) is 0 Å². The van der Waals surface area contributed by atoms with Crippen molar-refractivity contribution in [2.24, 2.45) is 4.99 Å². The molecule has 1 aliphatic heterocycles. The quantitative estimate of drug-likeness (QED) is 0.246. The molecule has 0 aromatic carbocycles. The van der Waals surface area contributed by atoms with E-state index in [1.165, 1.54) is 4.31 Å². The molecule has 0 bridgehead atoms. The van der Waals surface area contributed by atoms with Crippen LogP contribution in [0, 0.1) is 0 Å². The van der Waals surface area contributed by atoms with Crippen molar-refractivity contribution < 1.29 is 13.2 Å². The molecule has 1 rings (SSSR count). The molecule has 2 N–H and O–H groups in total. The molecule has 0 radical (unpaired) electrons. The lowest BCUT2D eigenvalue weighted by Crippen LogP contribution is -2.45. The second-order valence-electron chi connectivity index (χ2n) is 4.87. The largest absolute Gasteiger partial charge is 0.379 e. The first kappa shape index (κ1) is 21.9. The Bertz CT molecular complexity index is 412. The number of hydrogen-bond donors (Lipinski definition) is 2. The minimum atomic E-state index is -3.21. The number of unbranched alkanes of at least 4 members (excludes halogenated alkanes) is 1. The zero-order valence-corrected chi connectivity index (χ0v) is 16.7. The van der Waals surface area contributed by atoms with Gasteiger partial charge in [-0.1, -0.05) is 13.3 Å². The molecule has 1 fully saturated rings. The molecule has 0 aliphatic carbocycles. The van der Waals surface area contributed by atoms with Gasteiger partial charge < -0.3 is 15.4 Å². The molecular formula is C13H29IN4O3S. The van der Waals surface area contributed by atoms with Crippen LogP contribution in [0.2, 0.25) is 0 Å². The maximum atomic E-state index is 12.2. The molecule has 0 saturated carbocycles. The summed E-state index contributed by atoms with van der Waals surface area (Å²) in [6.07, 6.45) is 2.12. The summed E-state index contributed by atoms with van der Waals surface area (Å²) in [5.41, 5.74) is 0. The molecule has 0 unspecified atom stereocenters. The Labute approximate surface area is 151 Å². The van der Waals surface area contributed by atoms with Crippen molar-refractivity contribution in [1.82, 2.24) is 14.9 Å². The number of sulfonamides is 1. The van der Waals surface area contributed by atoms with Crippen molar-refractivity contribution in [3.63, 3.8) is 0 Å². The molecular weight excluding hydrogens is 419 g/mol. The van der Waals surface area contributed by atoms with Crippen LogP contribution in [0.3, 0.4) is 0 Å². The van der Waals surface area contributed by atoms with Crippen molar-refractivity contribution in [3.8, 4) is 0 Å². The summed E-state index contributed by atoms with van der Waals surface area (Å²) in [7, 11) is -3.21. The highest BCUT2D eigenvalue weighted by atomic mass is 127. The number of nitrogens with zero attached hydrogens (tertiary/aromatic N) is 2. The minimum absolute atomic E-state index is 0. The lowest BCUT2D eigenvalue weighted by Gasteiger charge is -2.26. The van der Waals surface area contributed by atoms with Crippen LogP contribution in [0.15, 0.2) is 4.99 Å². The number of aliphatic imine (C=N–C) groups is 1.